The number of carbonyl (C=O) groups excluding carboxylic acids is 1. The van der Waals surface area contributed by atoms with Crippen molar-refractivity contribution in [3.63, 3.8) is 0 Å². The molecule has 0 spiro atoms. The Bertz CT molecular complexity index is 472. The van der Waals surface area contributed by atoms with Gasteiger partial charge in [-0.15, -0.1) is 0 Å². The van der Waals surface area contributed by atoms with E-state index < -0.39 is 17.8 Å². The van der Waals surface area contributed by atoms with Crippen molar-refractivity contribution >= 4 is 5.91 Å². The van der Waals surface area contributed by atoms with Crippen molar-refractivity contribution in [1.29, 1.82) is 0 Å². The Kier molecular flexibility index (Phi) is 6.20. The molecule has 0 saturated carbocycles. The summed E-state index contributed by atoms with van der Waals surface area (Å²) in [5.74, 6) is -0.117. The number of rotatable bonds is 6. The van der Waals surface area contributed by atoms with Crippen LogP contribution in [0.25, 0.3) is 0 Å². The SMILES string of the molecule is CC(C)NC(=O)CCNC(C)c1ccccc1C(F)(F)F. The topological polar surface area (TPSA) is 41.1 Å². The van der Waals surface area contributed by atoms with Crippen LogP contribution < -0.4 is 10.6 Å². The first-order valence-electron chi connectivity index (χ1n) is 6.90. The molecule has 1 aromatic rings. The Labute approximate surface area is 122 Å². The van der Waals surface area contributed by atoms with Gasteiger partial charge in [-0.2, -0.15) is 13.2 Å². The third kappa shape index (κ3) is 5.75. The molecule has 0 radical (unpaired) electrons. The van der Waals surface area contributed by atoms with Crippen molar-refractivity contribution in [2.24, 2.45) is 0 Å². The molecule has 1 amide bonds. The van der Waals surface area contributed by atoms with Crippen LogP contribution in [0.1, 0.15) is 44.4 Å². The lowest BCUT2D eigenvalue weighted by molar-refractivity contribution is -0.138. The Morgan fingerprint density at radius 2 is 1.81 bits per heavy atom. The molecule has 6 heteroatoms. The van der Waals surface area contributed by atoms with Gasteiger partial charge in [-0.3, -0.25) is 4.79 Å². The summed E-state index contributed by atoms with van der Waals surface area (Å²) in [6.45, 7) is 5.69. The second kappa shape index (κ2) is 7.45. The fraction of sp³-hybridized carbons (Fsp3) is 0.533. The molecule has 0 aliphatic heterocycles. The predicted octanol–water partition coefficient (Wildman–Crippen LogP) is 3.27. The van der Waals surface area contributed by atoms with Gasteiger partial charge in [-0.1, -0.05) is 18.2 Å². The summed E-state index contributed by atoms with van der Waals surface area (Å²) >= 11 is 0. The average Bonchev–Trinajstić information content (AvgIpc) is 2.36. The summed E-state index contributed by atoms with van der Waals surface area (Å²) in [6, 6.07) is 5.05. The van der Waals surface area contributed by atoms with Gasteiger partial charge in [0, 0.05) is 25.0 Å². The minimum Gasteiger partial charge on any atom is -0.354 e. The number of hydrogen-bond acceptors (Lipinski definition) is 2. The second-order valence-electron chi connectivity index (χ2n) is 5.23. The van der Waals surface area contributed by atoms with E-state index in [1.54, 1.807) is 13.0 Å². The standard InChI is InChI=1S/C15H21F3N2O/c1-10(2)20-14(21)8-9-19-11(3)12-6-4-5-7-13(12)15(16,17)18/h4-7,10-11,19H,8-9H2,1-3H3,(H,20,21). The van der Waals surface area contributed by atoms with Crippen LogP contribution in [0.15, 0.2) is 24.3 Å². The van der Waals surface area contributed by atoms with E-state index in [2.05, 4.69) is 10.6 Å². The number of halogens is 3. The second-order valence-corrected chi connectivity index (χ2v) is 5.23. The molecule has 118 valence electrons. The molecule has 0 fully saturated rings. The Balaban J connectivity index is 2.61. The minimum absolute atomic E-state index is 0.0564. The third-order valence-corrected chi connectivity index (χ3v) is 2.98. The van der Waals surface area contributed by atoms with E-state index in [-0.39, 0.29) is 23.9 Å². The first-order chi connectivity index (χ1) is 9.71. The van der Waals surface area contributed by atoms with Gasteiger partial charge in [-0.25, -0.2) is 0 Å². The highest BCUT2D eigenvalue weighted by Gasteiger charge is 2.33. The normalized spacial score (nSPS) is 13.3. The highest BCUT2D eigenvalue weighted by molar-refractivity contribution is 5.76. The van der Waals surface area contributed by atoms with Crippen LogP contribution in [0.5, 0.6) is 0 Å². The Morgan fingerprint density at radius 3 is 2.38 bits per heavy atom. The monoisotopic (exact) mass is 302 g/mol. The van der Waals surface area contributed by atoms with Gasteiger partial charge < -0.3 is 10.6 Å². The van der Waals surface area contributed by atoms with Crippen LogP contribution in [0.2, 0.25) is 0 Å². The van der Waals surface area contributed by atoms with Gasteiger partial charge in [0.05, 0.1) is 5.56 Å². The maximum Gasteiger partial charge on any atom is 0.416 e. The van der Waals surface area contributed by atoms with Crippen molar-refractivity contribution in [3.05, 3.63) is 35.4 Å². The van der Waals surface area contributed by atoms with E-state index in [1.807, 2.05) is 13.8 Å². The number of nitrogens with one attached hydrogen (secondary N) is 2. The first-order valence-corrected chi connectivity index (χ1v) is 6.90. The van der Waals surface area contributed by atoms with Gasteiger partial charge in [-0.05, 0) is 32.4 Å². The van der Waals surface area contributed by atoms with Crippen molar-refractivity contribution in [2.45, 2.75) is 45.5 Å². The van der Waals surface area contributed by atoms with Gasteiger partial charge in [0.25, 0.3) is 0 Å². The van der Waals surface area contributed by atoms with Crippen LogP contribution in [-0.4, -0.2) is 18.5 Å². The fourth-order valence-electron chi connectivity index (χ4n) is 2.04. The van der Waals surface area contributed by atoms with E-state index in [1.165, 1.54) is 12.1 Å². The van der Waals surface area contributed by atoms with E-state index in [9.17, 15) is 18.0 Å². The number of amides is 1. The number of benzene rings is 1. The van der Waals surface area contributed by atoms with E-state index in [0.717, 1.165) is 6.07 Å². The summed E-state index contributed by atoms with van der Waals surface area (Å²) in [6.07, 6.45) is -4.14. The molecule has 1 aromatic carbocycles. The molecule has 21 heavy (non-hydrogen) atoms. The molecule has 0 aromatic heterocycles. The van der Waals surface area contributed by atoms with Crippen molar-refractivity contribution in [2.75, 3.05) is 6.54 Å². The largest absolute Gasteiger partial charge is 0.416 e. The van der Waals surface area contributed by atoms with Crippen LogP contribution in [-0.2, 0) is 11.0 Å². The maximum atomic E-state index is 12.9. The fourth-order valence-corrected chi connectivity index (χ4v) is 2.04. The average molecular weight is 302 g/mol. The lowest BCUT2D eigenvalue weighted by Gasteiger charge is -2.19. The molecular weight excluding hydrogens is 281 g/mol. The van der Waals surface area contributed by atoms with Crippen molar-refractivity contribution in [1.82, 2.24) is 10.6 Å². The summed E-state index contributed by atoms with van der Waals surface area (Å²) in [4.78, 5) is 11.5. The first kappa shape index (κ1) is 17.5. The molecule has 0 heterocycles. The highest BCUT2D eigenvalue weighted by Crippen LogP contribution is 2.34. The third-order valence-electron chi connectivity index (χ3n) is 2.98. The minimum atomic E-state index is -4.37. The lowest BCUT2D eigenvalue weighted by atomic mass is 10.0. The molecule has 0 saturated heterocycles. The summed E-state index contributed by atoms with van der Waals surface area (Å²) in [5, 5.41) is 5.69. The Morgan fingerprint density at radius 1 is 1.19 bits per heavy atom. The van der Waals surface area contributed by atoms with Gasteiger partial charge in [0.15, 0.2) is 0 Å². The predicted molar refractivity (Wildman–Crippen MR) is 75.8 cm³/mol. The number of alkyl halides is 3. The number of carbonyl (C=O) groups is 1. The molecule has 2 N–H and O–H groups in total. The van der Waals surface area contributed by atoms with Crippen molar-refractivity contribution < 1.29 is 18.0 Å². The van der Waals surface area contributed by atoms with Crippen LogP contribution in [0, 0.1) is 0 Å². The molecule has 1 unspecified atom stereocenters. The van der Waals surface area contributed by atoms with Crippen LogP contribution in [0.3, 0.4) is 0 Å². The summed E-state index contributed by atoms with van der Waals surface area (Å²) in [5.41, 5.74) is -0.453. The molecule has 0 aliphatic rings. The zero-order valence-corrected chi connectivity index (χ0v) is 12.4. The van der Waals surface area contributed by atoms with Crippen LogP contribution >= 0.6 is 0 Å². The molecule has 3 nitrogen and oxygen atoms in total. The van der Waals surface area contributed by atoms with E-state index >= 15 is 0 Å². The van der Waals surface area contributed by atoms with E-state index in [4.69, 9.17) is 0 Å². The lowest BCUT2D eigenvalue weighted by Crippen LogP contribution is -2.33. The molecule has 1 atom stereocenters. The zero-order chi connectivity index (χ0) is 16.0. The summed E-state index contributed by atoms with van der Waals surface area (Å²) in [7, 11) is 0. The quantitative estimate of drug-likeness (QED) is 0.847. The van der Waals surface area contributed by atoms with Gasteiger partial charge in [0.1, 0.15) is 0 Å². The highest BCUT2D eigenvalue weighted by atomic mass is 19.4. The molecule has 1 rings (SSSR count). The molecular formula is C15H21F3N2O. The molecule has 0 bridgehead atoms. The van der Waals surface area contributed by atoms with Crippen molar-refractivity contribution in [3.8, 4) is 0 Å². The number of hydrogen-bond donors (Lipinski definition) is 2. The molecule has 0 aliphatic carbocycles. The van der Waals surface area contributed by atoms with Gasteiger partial charge >= 0.3 is 6.18 Å². The zero-order valence-electron chi connectivity index (χ0n) is 12.4. The summed E-state index contributed by atoms with van der Waals surface area (Å²) < 4.78 is 38.7. The van der Waals surface area contributed by atoms with Gasteiger partial charge in [0.2, 0.25) is 5.91 Å². The van der Waals surface area contributed by atoms with Crippen LogP contribution in [0.4, 0.5) is 13.2 Å². The maximum absolute atomic E-state index is 12.9. The smallest absolute Gasteiger partial charge is 0.354 e. The Hall–Kier alpha value is -1.56. The van der Waals surface area contributed by atoms with E-state index in [0.29, 0.717) is 6.54 Å².